The number of aryl methyl sites for hydroxylation is 1. The van der Waals surface area contributed by atoms with Gasteiger partial charge in [-0.15, -0.1) is 0 Å². The van der Waals surface area contributed by atoms with Gasteiger partial charge in [-0.25, -0.2) is 9.97 Å². The van der Waals surface area contributed by atoms with Crippen LogP contribution < -0.4 is 15.4 Å². The van der Waals surface area contributed by atoms with Crippen LogP contribution in [0.25, 0.3) is 28.1 Å². The molecule has 1 aromatic heterocycles. The number of para-hydroxylation sites is 2. The van der Waals surface area contributed by atoms with Crippen molar-refractivity contribution in [3.63, 3.8) is 0 Å². The second-order valence-electron chi connectivity index (χ2n) is 9.03. The number of hydrogen-bond donors (Lipinski definition) is 1. The van der Waals surface area contributed by atoms with Gasteiger partial charge in [0.05, 0.1) is 46.6 Å². The average Bonchev–Trinajstić information content (AvgIpc) is 2.86. The number of methoxy groups -OCH3 is 1. The number of hydrogen-bond acceptors (Lipinski definition) is 5. The smallest absolute Gasteiger partial charge is 0.237 e. The second kappa shape index (κ2) is 8.87. The summed E-state index contributed by atoms with van der Waals surface area (Å²) in [5.41, 5.74) is 7.94. The van der Waals surface area contributed by atoms with Crippen molar-refractivity contribution in [2.24, 2.45) is 4.99 Å². The summed E-state index contributed by atoms with van der Waals surface area (Å²) in [5.74, 6) is 0.545. The van der Waals surface area contributed by atoms with Gasteiger partial charge in [-0.2, -0.15) is 0 Å². The van der Waals surface area contributed by atoms with E-state index in [0.717, 1.165) is 57.7 Å². The lowest BCUT2D eigenvalue weighted by Crippen LogP contribution is -2.22. The lowest BCUT2D eigenvalue weighted by molar-refractivity contribution is 0.400. The molecule has 2 heterocycles. The van der Waals surface area contributed by atoms with E-state index in [1.165, 1.54) is 12.0 Å². The molecule has 0 radical (unpaired) electrons. The number of fused-ring (bicyclic) bond motifs is 2. The number of nitrogens with one attached hydrogen (secondary N) is 1. The van der Waals surface area contributed by atoms with E-state index in [0.29, 0.717) is 11.9 Å². The van der Waals surface area contributed by atoms with Gasteiger partial charge in [0.1, 0.15) is 5.69 Å². The summed E-state index contributed by atoms with van der Waals surface area (Å²) in [6.07, 6.45) is 5.21. The van der Waals surface area contributed by atoms with Gasteiger partial charge >= 0.3 is 0 Å². The zero-order valence-electron chi connectivity index (χ0n) is 19.9. The molecule has 0 saturated heterocycles. The highest BCUT2D eigenvalue weighted by molar-refractivity contribution is 5.84. The Morgan fingerprint density at radius 1 is 0.971 bits per heavy atom. The van der Waals surface area contributed by atoms with Gasteiger partial charge in [-0.1, -0.05) is 29.8 Å². The SMILES string of the molecule is COc1ncccc1Nc1cc2nc3ccccc3n(-c3ccc(C)cc3)c-2cc1=NC1CCC1. The lowest BCUT2D eigenvalue weighted by Gasteiger charge is -2.23. The highest BCUT2D eigenvalue weighted by Crippen LogP contribution is 2.32. The summed E-state index contributed by atoms with van der Waals surface area (Å²) in [4.78, 5) is 14.5. The Morgan fingerprint density at radius 2 is 1.80 bits per heavy atom. The predicted molar refractivity (Wildman–Crippen MR) is 140 cm³/mol. The van der Waals surface area contributed by atoms with Crippen molar-refractivity contribution in [3.8, 4) is 23.0 Å². The molecule has 3 aliphatic rings. The fraction of sp³-hybridized carbons (Fsp3) is 0.207. The molecule has 0 atom stereocenters. The van der Waals surface area contributed by atoms with Gasteiger partial charge in [0, 0.05) is 11.9 Å². The average molecular weight is 462 g/mol. The van der Waals surface area contributed by atoms with Crippen molar-refractivity contribution < 1.29 is 4.74 Å². The molecule has 35 heavy (non-hydrogen) atoms. The van der Waals surface area contributed by atoms with Gasteiger partial charge in [-0.3, -0.25) is 4.99 Å². The van der Waals surface area contributed by atoms with E-state index >= 15 is 0 Å². The number of ether oxygens (including phenoxy) is 1. The molecule has 0 bridgehead atoms. The molecule has 1 saturated carbocycles. The molecular formula is C29H27N5O. The summed E-state index contributed by atoms with van der Waals surface area (Å²) in [6, 6.07) is 25.4. The summed E-state index contributed by atoms with van der Waals surface area (Å²) in [6.45, 7) is 2.11. The van der Waals surface area contributed by atoms with Gasteiger partial charge in [-0.05, 0) is 74.7 Å². The first-order valence-corrected chi connectivity index (χ1v) is 12.0. The first-order valence-electron chi connectivity index (χ1n) is 12.0. The molecule has 0 unspecified atom stereocenters. The zero-order valence-corrected chi connectivity index (χ0v) is 19.9. The van der Waals surface area contributed by atoms with Crippen LogP contribution in [0.2, 0.25) is 0 Å². The number of anilines is 2. The molecule has 0 spiro atoms. The van der Waals surface area contributed by atoms with Crippen molar-refractivity contribution in [1.82, 2.24) is 14.5 Å². The Kier molecular flexibility index (Phi) is 5.41. The molecule has 2 aliphatic carbocycles. The minimum absolute atomic E-state index is 0.352. The Bertz CT molecular complexity index is 1550. The van der Waals surface area contributed by atoms with E-state index in [9.17, 15) is 0 Å². The van der Waals surface area contributed by atoms with E-state index in [4.69, 9.17) is 14.7 Å². The first kappa shape index (κ1) is 21.4. The number of aromatic nitrogens is 3. The molecule has 0 amide bonds. The van der Waals surface area contributed by atoms with Crippen LogP contribution in [0.3, 0.4) is 0 Å². The number of benzene rings is 3. The van der Waals surface area contributed by atoms with E-state index in [2.05, 4.69) is 76.4 Å². The summed E-state index contributed by atoms with van der Waals surface area (Å²) >= 11 is 0. The highest BCUT2D eigenvalue weighted by atomic mass is 16.5. The van der Waals surface area contributed by atoms with E-state index in [1.807, 2.05) is 18.2 Å². The lowest BCUT2D eigenvalue weighted by atomic mass is 9.94. The van der Waals surface area contributed by atoms with Crippen LogP contribution in [0.1, 0.15) is 24.8 Å². The van der Waals surface area contributed by atoms with Crippen LogP contribution in [0.15, 0.2) is 84.0 Å². The standard InChI is InChI=1S/C29H27N5O/c1-19-12-14-21(15-13-19)34-27-11-4-3-9-22(27)32-26-17-24(33-23-10-6-16-30-29(23)35-2)25(18-28(26)34)31-20-7-5-8-20/h3-4,6,9-18,20,33H,5,7-8H2,1-2H3. The van der Waals surface area contributed by atoms with Gasteiger partial charge in [0.15, 0.2) is 0 Å². The molecule has 6 rings (SSSR count). The second-order valence-corrected chi connectivity index (χ2v) is 9.03. The van der Waals surface area contributed by atoms with Gasteiger partial charge < -0.3 is 14.6 Å². The summed E-state index contributed by atoms with van der Waals surface area (Å²) < 4.78 is 7.76. The number of pyridine rings is 1. The van der Waals surface area contributed by atoms with Crippen LogP contribution in [0.4, 0.5) is 11.4 Å². The summed E-state index contributed by atoms with van der Waals surface area (Å²) in [7, 11) is 1.63. The molecule has 3 aromatic rings. The molecule has 2 aromatic carbocycles. The van der Waals surface area contributed by atoms with Gasteiger partial charge in [0.25, 0.3) is 0 Å². The van der Waals surface area contributed by atoms with Crippen molar-refractivity contribution in [3.05, 3.63) is 89.9 Å². The zero-order chi connectivity index (χ0) is 23.8. The van der Waals surface area contributed by atoms with Crippen molar-refractivity contribution in [2.45, 2.75) is 32.2 Å². The van der Waals surface area contributed by atoms with Crippen LogP contribution in [0, 0.1) is 6.92 Å². The third-order valence-corrected chi connectivity index (χ3v) is 6.62. The molecule has 6 nitrogen and oxygen atoms in total. The normalized spacial score (nSPS) is 14.3. The maximum Gasteiger partial charge on any atom is 0.237 e. The minimum atomic E-state index is 0.352. The minimum Gasteiger partial charge on any atom is -0.480 e. The first-order chi connectivity index (χ1) is 17.2. The number of rotatable bonds is 5. The largest absolute Gasteiger partial charge is 0.480 e. The Morgan fingerprint density at radius 3 is 2.57 bits per heavy atom. The Hall–Kier alpha value is -4.19. The van der Waals surface area contributed by atoms with Crippen LogP contribution >= 0.6 is 0 Å². The quantitative estimate of drug-likeness (QED) is 0.324. The molecule has 1 fully saturated rings. The predicted octanol–water partition coefficient (Wildman–Crippen LogP) is 6.04. The van der Waals surface area contributed by atoms with E-state index in [1.54, 1.807) is 13.3 Å². The Balaban J connectivity index is 1.63. The topological polar surface area (TPSA) is 64.3 Å². The molecule has 1 aliphatic heterocycles. The third kappa shape index (κ3) is 4.01. The molecule has 174 valence electrons. The maximum atomic E-state index is 5.48. The van der Waals surface area contributed by atoms with Crippen LogP contribution in [0.5, 0.6) is 5.88 Å². The highest BCUT2D eigenvalue weighted by Gasteiger charge is 2.20. The maximum absolute atomic E-state index is 5.48. The third-order valence-electron chi connectivity index (χ3n) is 6.62. The van der Waals surface area contributed by atoms with E-state index in [-0.39, 0.29) is 0 Å². The van der Waals surface area contributed by atoms with E-state index < -0.39 is 0 Å². The van der Waals surface area contributed by atoms with Crippen molar-refractivity contribution >= 4 is 22.4 Å². The fourth-order valence-electron chi connectivity index (χ4n) is 4.53. The van der Waals surface area contributed by atoms with Crippen molar-refractivity contribution in [2.75, 3.05) is 12.4 Å². The van der Waals surface area contributed by atoms with Crippen molar-refractivity contribution in [1.29, 1.82) is 0 Å². The fourth-order valence-corrected chi connectivity index (χ4v) is 4.53. The van der Waals surface area contributed by atoms with Crippen LogP contribution in [-0.2, 0) is 0 Å². The molecule has 1 N–H and O–H groups in total. The monoisotopic (exact) mass is 461 g/mol. The Labute approximate surface area is 204 Å². The molecule has 6 heteroatoms. The van der Waals surface area contributed by atoms with Gasteiger partial charge in [0.2, 0.25) is 5.88 Å². The molecular weight excluding hydrogens is 434 g/mol. The summed E-state index contributed by atoms with van der Waals surface area (Å²) in [5, 5.41) is 4.44. The van der Waals surface area contributed by atoms with Crippen LogP contribution in [-0.4, -0.2) is 27.7 Å². The number of nitrogens with zero attached hydrogens (tertiary/aromatic N) is 4.